The summed E-state index contributed by atoms with van der Waals surface area (Å²) in [6.45, 7) is 7.53. The molecule has 4 heteroatoms. The molecule has 0 fully saturated rings. The quantitative estimate of drug-likeness (QED) is 0.721. The maximum Gasteiger partial charge on any atom is 0.254 e. The molecule has 0 saturated heterocycles. The molecule has 16 heavy (non-hydrogen) atoms. The van der Waals surface area contributed by atoms with Gasteiger partial charge in [0.15, 0.2) is 0 Å². The van der Waals surface area contributed by atoms with Crippen LogP contribution >= 0.6 is 0 Å². The Balaban J connectivity index is 2.35. The first kappa shape index (κ1) is 12.8. The normalized spacial score (nSPS) is 10.8. The van der Waals surface area contributed by atoms with Crippen molar-refractivity contribution in [2.45, 2.75) is 33.2 Å². The fourth-order valence-corrected chi connectivity index (χ4v) is 1.45. The second-order valence-corrected chi connectivity index (χ2v) is 3.98. The van der Waals surface area contributed by atoms with Gasteiger partial charge in [-0.3, -0.25) is 4.79 Å². The SMILES string of the molecule is CCc1occc1C(=O)NCCNC(C)C. The van der Waals surface area contributed by atoms with E-state index in [-0.39, 0.29) is 5.91 Å². The van der Waals surface area contributed by atoms with Crippen molar-refractivity contribution in [1.82, 2.24) is 10.6 Å². The molecule has 1 aromatic rings. The highest BCUT2D eigenvalue weighted by Gasteiger charge is 2.12. The van der Waals surface area contributed by atoms with Crippen LogP contribution in [0.25, 0.3) is 0 Å². The molecule has 0 unspecified atom stereocenters. The lowest BCUT2D eigenvalue weighted by Gasteiger charge is -2.08. The number of hydrogen-bond donors (Lipinski definition) is 2. The highest BCUT2D eigenvalue weighted by molar-refractivity contribution is 5.95. The Hall–Kier alpha value is -1.29. The summed E-state index contributed by atoms with van der Waals surface area (Å²) in [5, 5.41) is 6.09. The van der Waals surface area contributed by atoms with Crippen molar-refractivity contribution in [3.63, 3.8) is 0 Å². The van der Waals surface area contributed by atoms with Gasteiger partial charge in [0.2, 0.25) is 0 Å². The number of furan rings is 1. The van der Waals surface area contributed by atoms with E-state index >= 15 is 0 Å². The monoisotopic (exact) mass is 224 g/mol. The van der Waals surface area contributed by atoms with Crippen molar-refractivity contribution in [3.8, 4) is 0 Å². The Morgan fingerprint density at radius 1 is 1.44 bits per heavy atom. The molecule has 0 bridgehead atoms. The number of hydrogen-bond acceptors (Lipinski definition) is 3. The van der Waals surface area contributed by atoms with E-state index in [9.17, 15) is 4.79 Å². The number of carbonyl (C=O) groups is 1. The Bertz CT molecular complexity index is 332. The van der Waals surface area contributed by atoms with Crippen molar-refractivity contribution in [2.75, 3.05) is 13.1 Å². The van der Waals surface area contributed by atoms with Crippen LogP contribution in [0.5, 0.6) is 0 Å². The van der Waals surface area contributed by atoms with Crippen LogP contribution in [0.2, 0.25) is 0 Å². The molecular weight excluding hydrogens is 204 g/mol. The van der Waals surface area contributed by atoms with Gasteiger partial charge >= 0.3 is 0 Å². The average Bonchev–Trinajstić information content (AvgIpc) is 2.71. The van der Waals surface area contributed by atoms with Crippen LogP contribution in [0.4, 0.5) is 0 Å². The third-order valence-corrected chi connectivity index (χ3v) is 2.27. The number of rotatable bonds is 6. The molecule has 0 atom stereocenters. The summed E-state index contributed by atoms with van der Waals surface area (Å²) in [6, 6.07) is 2.15. The van der Waals surface area contributed by atoms with Crippen molar-refractivity contribution < 1.29 is 9.21 Å². The van der Waals surface area contributed by atoms with Crippen molar-refractivity contribution in [3.05, 3.63) is 23.7 Å². The van der Waals surface area contributed by atoms with E-state index in [0.29, 0.717) is 18.2 Å². The van der Waals surface area contributed by atoms with Gasteiger partial charge in [0.25, 0.3) is 5.91 Å². The second kappa shape index (κ2) is 6.33. The molecule has 1 amide bonds. The third kappa shape index (κ3) is 3.70. The van der Waals surface area contributed by atoms with E-state index in [1.807, 2.05) is 6.92 Å². The van der Waals surface area contributed by atoms with Crippen LogP contribution in [0.15, 0.2) is 16.7 Å². The van der Waals surface area contributed by atoms with Gasteiger partial charge in [-0.1, -0.05) is 20.8 Å². The Morgan fingerprint density at radius 2 is 2.19 bits per heavy atom. The van der Waals surface area contributed by atoms with Gasteiger partial charge in [0.05, 0.1) is 11.8 Å². The van der Waals surface area contributed by atoms with Crippen LogP contribution in [-0.4, -0.2) is 25.0 Å². The third-order valence-electron chi connectivity index (χ3n) is 2.27. The van der Waals surface area contributed by atoms with Crippen molar-refractivity contribution in [1.29, 1.82) is 0 Å². The molecule has 90 valence electrons. The molecular formula is C12H20N2O2. The van der Waals surface area contributed by atoms with Gasteiger partial charge in [-0.05, 0) is 6.07 Å². The standard InChI is InChI=1S/C12H20N2O2/c1-4-11-10(5-8-16-11)12(15)14-7-6-13-9(2)3/h5,8-9,13H,4,6-7H2,1-3H3,(H,14,15). The molecule has 1 heterocycles. The Kier molecular flexibility index (Phi) is 5.05. The minimum Gasteiger partial charge on any atom is -0.469 e. The zero-order chi connectivity index (χ0) is 12.0. The van der Waals surface area contributed by atoms with Crippen molar-refractivity contribution in [2.24, 2.45) is 0 Å². The molecule has 0 radical (unpaired) electrons. The lowest BCUT2D eigenvalue weighted by Crippen LogP contribution is -2.34. The summed E-state index contributed by atoms with van der Waals surface area (Å²) in [6.07, 6.45) is 2.29. The maximum atomic E-state index is 11.7. The highest BCUT2D eigenvalue weighted by Crippen LogP contribution is 2.10. The molecule has 0 spiro atoms. The Morgan fingerprint density at radius 3 is 2.81 bits per heavy atom. The fraction of sp³-hybridized carbons (Fsp3) is 0.583. The number of amides is 1. The smallest absolute Gasteiger partial charge is 0.254 e. The lowest BCUT2D eigenvalue weighted by molar-refractivity contribution is 0.0951. The molecule has 0 aliphatic carbocycles. The predicted octanol–water partition coefficient (Wildman–Crippen LogP) is 1.57. The number of nitrogens with one attached hydrogen (secondary N) is 2. The van der Waals surface area contributed by atoms with E-state index in [1.54, 1.807) is 12.3 Å². The molecule has 4 nitrogen and oxygen atoms in total. The first-order valence-corrected chi connectivity index (χ1v) is 5.73. The molecule has 0 aliphatic rings. The topological polar surface area (TPSA) is 54.3 Å². The summed E-state index contributed by atoms with van der Waals surface area (Å²) in [7, 11) is 0. The number of aryl methyl sites for hydroxylation is 1. The van der Waals surface area contributed by atoms with Gasteiger partial charge in [-0.15, -0.1) is 0 Å². The van der Waals surface area contributed by atoms with Crippen LogP contribution in [0.3, 0.4) is 0 Å². The van der Waals surface area contributed by atoms with Crippen LogP contribution in [-0.2, 0) is 6.42 Å². The largest absolute Gasteiger partial charge is 0.469 e. The first-order valence-electron chi connectivity index (χ1n) is 5.73. The molecule has 2 N–H and O–H groups in total. The minimum absolute atomic E-state index is 0.0591. The lowest BCUT2D eigenvalue weighted by atomic mass is 10.2. The average molecular weight is 224 g/mol. The zero-order valence-corrected chi connectivity index (χ0v) is 10.2. The molecule has 0 saturated carbocycles. The highest BCUT2D eigenvalue weighted by atomic mass is 16.3. The van der Waals surface area contributed by atoms with Crippen molar-refractivity contribution >= 4 is 5.91 Å². The van der Waals surface area contributed by atoms with Gasteiger partial charge < -0.3 is 15.1 Å². The van der Waals surface area contributed by atoms with E-state index in [2.05, 4.69) is 24.5 Å². The van der Waals surface area contributed by atoms with Gasteiger partial charge in [-0.25, -0.2) is 0 Å². The van der Waals surface area contributed by atoms with E-state index in [0.717, 1.165) is 18.7 Å². The van der Waals surface area contributed by atoms with E-state index in [4.69, 9.17) is 4.42 Å². The van der Waals surface area contributed by atoms with Crippen LogP contribution < -0.4 is 10.6 Å². The summed E-state index contributed by atoms with van der Waals surface area (Å²) in [5.41, 5.74) is 0.645. The summed E-state index contributed by atoms with van der Waals surface area (Å²) in [5.74, 6) is 0.686. The zero-order valence-electron chi connectivity index (χ0n) is 10.2. The summed E-state index contributed by atoms with van der Waals surface area (Å²) >= 11 is 0. The maximum absolute atomic E-state index is 11.7. The van der Waals surface area contributed by atoms with Gasteiger partial charge in [0.1, 0.15) is 5.76 Å². The summed E-state index contributed by atoms with van der Waals surface area (Å²) < 4.78 is 5.20. The minimum atomic E-state index is -0.0591. The van der Waals surface area contributed by atoms with Crippen LogP contribution in [0, 0.1) is 0 Å². The number of carbonyl (C=O) groups excluding carboxylic acids is 1. The predicted molar refractivity (Wildman–Crippen MR) is 63.6 cm³/mol. The molecule has 1 rings (SSSR count). The molecule has 0 aliphatic heterocycles. The van der Waals surface area contributed by atoms with Gasteiger partial charge in [-0.2, -0.15) is 0 Å². The van der Waals surface area contributed by atoms with E-state index in [1.165, 1.54) is 0 Å². The van der Waals surface area contributed by atoms with E-state index < -0.39 is 0 Å². The second-order valence-electron chi connectivity index (χ2n) is 3.98. The van der Waals surface area contributed by atoms with Crippen LogP contribution in [0.1, 0.15) is 36.9 Å². The fourth-order valence-electron chi connectivity index (χ4n) is 1.45. The first-order chi connectivity index (χ1) is 7.65. The van der Waals surface area contributed by atoms with Gasteiger partial charge in [0, 0.05) is 25.6 Å². The molecule has 1 aromatic heterocycles. The molecule has 0 aromatic carbocycles. The summed E-state index contributed by atoms with van der Waals surface area (Å²) in [4.78, 5) is 11.7. The Labute approximate surface area is 96.4 Å².